The van der Waals surface area contributed by atoms with Gasteiger partial charge in [0.2, 0.25) is 0 Å². The van der Waals surface area contributed by atoms with Crippen molar-refractivity contribution in [3.63, 3.8) is 0 Å². The van der Waals surface area contributed by atoms with Gasteiger partial charge < -0.3 is 5.32 Å². The Bertz CT molecular complexity index is 168. The van der Waals surface area contributed by atoms with Crippen LogP contribution >= 0.6 is 0 Å². The normalized spacial score (nSPS) is 22.2. The third kappa shape index (κ3) is 3.48. The van der Waals surface area contributed by atoms with Crippen LogP contribution in [-0.4, -0.2) is 13.1 Å². The van der Waals surface area contributed by atoms with Crippen LogP contribution in [0.25, 0.3) is 0 Å². The predicted octanol–water partition coefficient (Wildman–Crippen LogP) is 3.84. The molecule has 0 aromatic heterocycles. The van der Waals surface area contributed by atoms with Gasteiger partial charge in [0.05, 0.1) is 0 Å². The van der Waals surface area contributed by atoms with E-state index in [4.69, 9.17) is 0 Å². The van der Waals surface area contributed by atoms with Gasteiger partial charge in [-0.25, -0.2) is 0 Å². The lowest BCUT2D eigenvalue weighted by atomic mass is 9.73. The smallest absolute Gasteiger partial charge is 0.00105 e. The molecular weight excluding hydrogens is 182 g/mol. The van der Waals surface area contributed by atoms with E-state index in [1.165, 1.54) is 45.2 Å². The highest BCUT2D eigenvalue weighted by molar-refractivity contribution is 4.90. The van der Waals surface area contributed by atoms with E-state index in [2.05, 4.69) is 33.0 Å². The first-order chi connectivity index (χ1) is 7.10. The van der Waals surface area contributed by atoms with Crippen LogP contribution in [-0.2, 0) is 0 Å². The monoisotopic (exact) mass is 211 g/mol. The second-order valence-corrected chi connectivity index (χ2v) is 5.90. The van der Waals surface area contributed by atoms with Crippen molar-refractivity contribution in [2.45, 2.75) is 59.8 Å². The Morgan fingerprint density at radius 3 is 2.20 bits per heavy atom. The van der Waals surface area contributed by atoms with E-state index < -0.39 is 0 Å². The van der Waals surface area contributed by atoms with Crippen LogP contribution in [0.3, 0.4) is 0 Å². The van der Waals surface area contributed by atoms with Gasteiger partial charge in [-0.3, -0.25) is 0 Å². The zero-order valence-electron chi connectivity index (χ0n) is 11.1. The van der Waals surface area contributed by atoms with Crippen molar-refractivity contribution in [3.8, 4) is 0 Å². The molecule has 0 saturated heterocycles. The molecule has 1 aliphatic rings. The number of nitrogens with one attached hydrogen (secondary N) is 1. The Balaban J connectivity index is 2.43. The van der Waals surface area contributed by atoms with Gasteiger partial charge in [-0.1, -0.05) is 47.0 Å². The lowest BCUT2D eigenvalue weighted by Crippen LogP contribution is -2.38. The highest BCUT2D eigenvalue weighted by Crippen LogP contribution is 2.44. The van der Waals surface area contributed by atoms with Crippen molar-refractivity contribution in [1.29, 1.82) is 0 Å². The van der Waals surface area contributed by atoms with Gasteiger partial charge in [0.25, 0.3) is 0 Å². The van der Waals surface area contributed by atoms with Crippen LogP contribution in [0.4, 0.5) is 0 Å². The summed E-state index contributed by atoms with van der Waals surface area (Å²) in [5.41, 5.74) is 0.629. The molecule has 0 aliphatic heterocycles. The van der Waals surface area contributed by atoms with Crippen LogP contribution in [0.15, 0.2) is 0 Å². The first-order valence-corrected chi connectivity index (χ1v) is 6.81. The van der Waals surface area contributed by atoms with Crippen molar-refractivity contribution in [3.05, 3.63) is 0 Å². The summed E-state index contributed by atoms with van der Waals surface area (Å²) in [5, 5.41) is 3.68. The number of hydrogen-bond donors (Lipinski definition) is 1. The number of hydrogen-bond acceptors (Lipinski definition) is 1. The van der Waals surface area contributed by atoms with Gasteiger partial charge in [-0.05, 0) is 36.6 Å². The fraction of sp³-hybridized carbons (Fsp3) is 1.00. The van der Waals surface area contributed by atoms with Crippen LogP contribution in [0.1, 0.15) is 59.8 Å². The molecule has 1 rings (SSSR count). The first kappa shape index (κ1) is 13.0. The second kappa shape index (κ2) is 5.89. The summed E-state index contributed by atoms with van der Waals surface area (Å²) in [7, 11) is 0. The first-order valence-electron chi connectivity index (χ1n) is 6.81. The molecule has 1 unspecified atom stereocenters. The molecule has 0 amide bonds. The molecule has 0 bridgehead atoms. The summed E-state index contributed by atoms with van der Waals surface area (Å²) in [6.45, 7) is 11.8. The molecule has 1 fully saturated rings. The highest BCUT2D eigenvalue weighted by Gasteiger charge is 2.37. The summed E-state index contributed by atoms with van der Waals surface area (Å²) in [5.74, 6) is 1.67. The molecule has 1 atom stereocenters. The van der Waals surface area contributed by atoms with Gasteiger partial charge in [-0.2, -0.15) is 0 Å². The molecule has 1 N–H and O–H groups in total. The largest absolute Gasteiger partial charge is 0.316 e. The molecule has 1 nitrogen and oxygen atoms in total. The minimum Gasteiger partial charge on any atom is -0.316 e. The van der Waals surface area contributed by atoms with E-state index in [1.54, 1.807) is 0 Å². The van der Waals surface area contributed by atoms with E-state index in [1.807, 2.05) is 0 Å². The van der Waals surface area contributed by atoms with Crippen molar-refractivity contribution in [2.24, 2.45) is 17.3 Å². The summed E-state index contributed by atoms with van der Waals surface area (Å²) in [6, 6.07) is 0. The Labute approximate surface area is 96.0 Å². The lowest BCUT2D eigenvalue weighted by molar-refractivity contribution is 0.168. The second-order valence-electron chi connectivity index (χ2n) is 5.90. The summed E-state index contributed by atoms with van der Waals surface area (Å²) >= 11 is 0. The topological polar surface area (TPSA) is 12.0 Å². The quantitative estimate of drug-likeness (QED) is 0.704. The minimum absolute atomic E-state index is 0.629. The summed E-state index contributed by atoms with van der Waals surface area (Å²) in [6.07, 6.45) is 7.14. The van der Waals surface area contributed by atoms with Crippen molar-refractivity contribution >= 4 is 0 Å². The van der Waals surface area contributed by atoms with Gasteiger partial charge in [0.15, 0.2) is 0 Å². The third-order valence-electron chi connectivity index (χ3n) is 4.29. The lowest BCUT2D eigenvalue weighted by Gasteiger charge is -2.35. The molecule has 0 spiro atoms. The molecule has 1 heteroatoms. The highest BCUT2D eigenvalue weighted by atomic mass is 14.9. The maximum atomic E-state index is 3.68. The fourth-order valence-electron chi connectivity index (χ4n) is 2.97. The van der Waals surface area contributed by atoms with Crippen LogP contribution in [0, 0.1) is 17.3 Å². The Hall–Kier alpha value is -0.0400. The molecule has 0 aromatic carbocycles. The van der Waals surface area contributed by atoms with Crippen molar-refractivity contribution in [1.82, 2.24) is 5.32 Å². The molecule has 0 aromatic rings. The van der Waals surface area contributed by atoms with Gasteiger partial charge in [-0.15, -0.1) is 0 Å². The molecule has 90 valence electrons. The molecule has 1 aliphatic carbocycles. The molecule has 1 saturated carbocycles. The van der Waals surface area contributed by atoms with Crippen LogP contribution in [0.5, 0.6) is 0 Å². The van der Waals surface area contributed by atoms with Gasteiger partial charge >= 0.3 is 0 Å². The van der Waals surface area contributed by atoms with Gasteiger partial charge in [0, 0.05) is 6.54 Å². The number of rotatable bonds is 6. The molecular formula is C14H29N. The maximum Gasteiger partial charge on any atom is 0.00105 e. The Morgan fingerprint density at radius 2 is 1.73 bits per heavy atom. The molecule has 0 heterocycles. The minimum atomic E-state index is 0.629. The average Bonchev–Trinajstić information content (AvgIpc) is 2.66. The summed E-state index contributed by atoms with van der Waals surface area (Å²) < 4.78 is 0. The van der Waals surface area contributed by atoms with E-state index in [0.717, 1.165) is 11.8 Å². The molecule has 15 heavy (non-hydrogen) atoms. The van der Waals surface area contributed by atoms with E-state index in [-0.39, 0.29) is 0 Å². The van der Waals surface area contributed by atoms with Crippen molar-refractivity contribution in [2.75, 3.05) is 13.1 Å². The predicted molar refractivity (Wildman–Crippen MR) is 68.1 cm³/mol. The zero-order chi connectivity index (χ0) is 11.3. The van der Waals surface area contributed by atoms with E-state index >= 15 is 0 Å². The Morgan fingerprint density at radius 1 is 1.13 bits per heavy atom. The average molecular weight is 211 g/mol. The zero-order valence-corrected chi connectivity index (χ0v) is 11.1. The summed E-state index contributed by atoms with van der Waals surface area (Å²) in [4.78, 5) is 0. The van der Waals surface area contributed by atoms with E-state index in [0.29, 0.717) is 5.41 Å². The van der Waals surface area contributed by atoms with Crippen LogP contribution < -0.4 is 5.32 Å². The Kier molecular flexibility index (Phi) is 5.11. The van der Waals surface area contributed by atoms with E-state index in [9.17, 15) is 0 Å². The standard InChI is InChI=1S/C14H29N/c1-5-13(4)14(8-6-7-9-14)11-15-10-12(2)3/h12-13,15H,5-11H2,1-4H3. The van der Waals surface area contributed by atoms with Crippen molar-refractivity contribution < 1.29 is 0 Å². The SMILES string of the molecule is CCC(C)C1(CNCC(C)C)CCCC1. The molecule has 0 radical (unpaired) electrons. The fourth-order valence-corrected chi connectivity index (χ4v) is 2.97. The third-order valence-corrected chi connectivity index (χ3v) is 4.29. The maximum absolute atomic E-state index is 3.68. The van der Waals surface area contributed by atoms with Gasteiger partial charge in [0.1, 0.15) is 0 Å². The van der Waals surface area contributed by atoms with Crippen LogP contribution in [0.2, 0.25) is 0 Å².